The molecule has 0 aliphatic rings. The van der Waals surface area contributed by atoms with E-state index in [1.807, 2.05) is 19.1 Å². The van der Waals surface area contributed by atoms with Gasteiger partial charge < -0.3 is 15.4 Å². The van der Waals surface area contributed by atoms with Gasteiger partial charge in [-0.05, 0) is 25.0 Å². The fourth-order valence-electron chi connectivity index (χ4n) is 2.48. The number of alkyl halides is 3. The third kappa shape index (κ3) is 7.46. The van der Waals surface area contributed by atoms with Crippen molar-refractivity contribution in [1.82, 2.24) is 15.6 Å². The lowest BCUT2D eigenvalue weighted by Crippen LogP contribution is -2.39. The van der Waals surface area contributed by atoms with Crippen LogP contribution < -0.4 is 15.4 Å². The molecule has 10 heteroatoms. The van der Waals surface area contributed by atoms with Crippen LogP contribution in [0.15, 0.2) is 28.6 Å². The van der Waals surface area contributed by atoms with E-state index in [1.165, 1.54) is 0 Å². The van der Waals surface area contributed by atoms with Crippen LogP contribution >= 0.6 is 35.3 Å². The van der Waals surface area contributed by atoms with E-state index in [9.17, 15) is 13.2 Å². The Bertz CT molecular complexity index is 780. The van der Waals surface area contributed by atoms with E-state index in [0.29, 0.717) is 30.5 Å². The van der Waals surface area contributed by atoms with Crippen LogP contribution in [0.5, 0.6) is 5.75 Å². The molecule has 2 rings (SSSR count). The van der Waals surface area contributed by atoms with E-state index in [-0.39, 0.29) is 24.0 Å². The molecule has 0 amide bonds. The zero-order valence-corrected chi connectivity index (χ0v) is 19.0. The summed E-state index contributed by atoms with van der Waals surface area (Å²) in [7, 11) is 3.29. The van der Waals surface area contributed by atoms with Crippen LogP contribution in [0.1, 0.15) is 21.8 Å². The Kier molecular flexibility index (Phi) is 10.0. The van der Waals surface area contributed by atoms with Gasteiger partial charge in [0.05, 0.1) is 12.1 Å². The van der Waals surface area contributed by atoms with Crippen LogP contribution in [0.25, 0.3) is 0 Å². The van der Waals surface area contributed by atoms with Gasteiger partial charge in [-0.2, -0.15) is 13.2 Å². The van der Waals surface area contributed by atoms with Crippen LogP contribution in [0.4, 0.5) is 13.2 Å². The summed E-state index contributed by atoms with van der Waals surface area (Å²) in [6.45, 7) is 3.12. The van der Waals surface area contributed by atoms with Gasteiger partial charge in [0.15, 0.2) is 11.7 Å². The Morgan fingerprint density at radius 1 is 1.21 bits per heavy atom. The lowest BCUT2D eigenvalue weighted by atomic mass is 10.1. The molecule has 5 nitrogen and oxygen atoms in total. The molecule has 0 atom stereocenters. The summed E-state index contributed by atoms with van der Waals surface area (Å²) in [5, 5.41) is 7.75. The molecule has 2 N–H and O–H groups in total. The van der Waals surface area contributed by atoms with Gasteiger partial charge in [-0.25, -0.2) is 4.98 Å². The maximum absolute atomic E-state index is 12.6. The molecule has 0 spiro atoms. The van der Waals surface area contributed by atoms with Crippen molar-refractivity contribution < 1.29 is 17.9 Å². The van der Waals surface area contributed by atoms with Gasteiger partial charge in [0, 0.05) is 31.9 Å². The number of halogens is 4. The first-order chi connectivity index (χ1) is 12.8. The van der Waals surface area contributed by atoms with E-state index in [1.54, 1.807) is 14.2 Å². The Morgan fingerprint density at radius 3 is 2.46 bits per heavy atom. The van der Waals surface area contributed by atoms with Crippen molar-refractivity contribution in [2.75, 3.05) is 27.2 Å². The molecule has 0 fully saturated rings. The number of hydrogen-bond acceptors (Lipinski definition) is 4. The lowest BCUT2D eigenvalue weighted by Gasteiger charge is -2.13. The first-order valence-corrected chi connectivity index (χ1v) is 9.31. The van der Waals surface area contributed by atoms with Gasteiger partial charge in [0.25, 0.3) is 0 Å². The quantitative estimate of drug-likeness (QED) is 0.324. The number of nitrogens with zero attached hydrogens (tertiary/aromatic N) is 2. The smallest absolute Gasteiger partial charge is 0.434 e. The topological polar surface area (TPSA) is 58.5 Å². The highest BCUT2D eigenvalue weighted by molar-refractivity contribution is 14.0. The number of thiazole rings is 1. The third-order valence-corrected chi connectivity index (χ3v) is 4.73. The molecule has 0 saturated carbocycles. The van der Waals surface area contributed by atoms with Crippen molar-refractivity contribution in [2.24, 2.45) is 4.99 Å². The number of aryl methyl sites for hydroxylation is 1. The highest BCUT2D eigenvalue weighted by Crippen LogP contribution is 2.30. The van der Waals surface area contributed by atoms with Gasteiger partial charge >= 0.3 is 6.18 Å². The van der Waals surface area contributed by atoms with Crippen LogP contribution in [-0.4, -0.2) is 38.2 Å². The zero-order chi connectivity index (χ0) is 19.9. The molecular weight excluding hydrogens is 504 g/mol. The summed E-state index contributed by atoms with van der Waals surface area (Å²) < 4.78 is 43.0. The summed E-state index contributed by atoms with van der Waals surface area (Å²) >= 11 is 1.01. The molecule has 0 unspecified atom stereocenters. The predicted molar refractivity (Wildman–Crippen MR) is 117 cm³/mol. The van der Waals surface area contributed by atoms with Crippen molar-refractivity contribution >= 4 is 41.3 Å². The van der Waals surface area contributed by atoms with Crippen LogP contribution in [0.2, 0.25) is 0 Å². The van der Waals surface area contributed by atoms with Gasteiger partial charge in [0.2, 0.25) is 0 Å². The van der Waals surface area contributed by atoms with E-state index < -0.39 is 11.9 Å². The Morgan fingerprint density at radius 2 is 1.89 bits per heavy atom. The standard InChI is InChI=1S/C18H23F3N4OS.HI/c1-12-4-5-14(26-3)13(10-12)6-8-23-17(22-2)24-9-7-16-25-15(11-27-16)18(19,20)21;/h4-5,10-11H,6-9H2,1-3H3,(H2,22,23,24);1H. The highest BCUT2D eigenvalue weighted by Gasteiger charge is 2.33. The largest absolute Gasteiger partial charge is 0.496 e. The molecule has 0 aliphatic carbocycles. The Balaban J connectivity index is 0.00000392. The highest BCUT2D eigenvalue weighted by atomic mass is 127. The van der Waals surface area contributed by atoms with Crippen molar-refractivity contribution in [3.05, 3.63) is 45.4 Å². The number of methoxy groups -OCH3 is 1. The number of benzene rings is 1. The first kappa shape index (κ1) is 24.5. The zero-order valence-electron chi connectivity index (χ0n) is 15.9. The number of aliphatic imine (C=N–C) groups is 1. The average molecular weight is 528 g/mol. The first-order valence-electron chi connectivity index (χ1n) is 8.43. The second-order valence-electron chi connectivity index (χ2n) is 5.87. The van der Waals surface area contributed by atoms with Crippen LogP contribution in [0.3, 0.4) is 0 Å². The molecule has 2 aromatic rings. The van der Waals surface area contributed by atoms with E-state index >= 15 is 0 Å². The summed E-state index contributed by atoms with van der Waals surface area (Å²) in [5.74, 6) is 1.43. The SMILES string of the molecule is CN=C(NCCc1nc(C(F)(F)F)cs1)NCCc1cc(C)ccc1OC.I. The molecule has 28 heavy (non-hydrogen) atoms. The predicted octanol–water partition coefficient (Wildman–Crippen LogP) is 4.05. The number of guanidine groups is 1. The van der Waals surface area contributed by atoms with Crippen molar-refractivity contribution in [3.63, 3.8) is 0 Å². The molecule has 0 saturated heterocycles. The molecule has 1 aromatic heterocycles. The molecule has 156 valence electrons. The molecule has 1 heterocycles. The maximum atomic E-state index is 12.6. The minimum absolute atomic E-state index is 0. The molecule has 0 aliphatic heterocycles. The Hall–Kier alpha value is -1.56. The fourth-order valence-corrected chi connectivity index (χ4v) is 3.29. The minimum Gasteiger partial charge on any atom is -0.496 e. The van der Waals surface area contributed by atoms with E-state index in [4.69, 9.17) is 4.74 Å². The summed E-state index contributed by atoms with van der Waals surface area (Å²) in [5.41, 5.74) is 1.43. The van der Waals surface area contributed by atoms with Crippen molar-refractivity contribution in [2.45, 2.75) is 25.9 Å². The minimum atomic E-state index is -4.39. The van der Waals surface area contributed by atoms with Gasteiger partial charge in [-0.1, -0.05) is 17.7 Å². The second-order valence-corrected chi connectivity index (χ2v) is 6.81. The van der Waals surface area contributed by atoms with Crippen molar-refractivity contribution in [1.29, 1.82) is 0 Å². The molecule has 0 bridgehead atoms. The van der Waals surface area contributed by atoms with E-state index in [2.05, 4.69) is 26.7 Å². The number of nitrogens with one attached hydrogen (secondary N) is 2. The monoisotopic (exact) mass is 528 g/mol. The lowest BCUT2D eigenvalue weighted by molar-refractivity contribution is -0.140. The average Bonchev–Trinajstić information content (AvgIpc) is 3.10. The summed E-state index contributed by atoms with van der Waals surface area (Å²) in [6, 6.07) is 6.03. The number of ether oxygens (including phenoxy) is 1. The van der Waals surface area contributed by atoms with Gasteiger partial charge in [0.1, 0.15) is 5.75 Å². The number of aromatic nitrogens is 1. The third-order valence-electron chi connectivity index (χ3n) is 3.82. The summed E-state index contributed by atoms with van der Waals surface area (Å²) in [6.07, 6.45) is -3.24. The Labute approximate surface area is 183 Å². The number of hydrogen-bond donors (Lipinski definition) is 2. The second kappa shape index (κ2) is 11.4. The van der Waals surface area contributed by atoms with Gasteiger partial charge in [-0.15, -0.1) is 35.3 Å². The molecule has 1 aromatic carbocycles. The number of rotatable bonds is 7. The molecule has 0 radical (unpaired) electrons. The van der Waals surface area contributed by atoms with Crippen LogP contribution in [0, 0.1) is 6.92 Å². The van der Waals surface area contributed by atoms with Crippen LogP contribution in [-0.2, 0) is 19.0 Å². The van der Waals surface area contributed by atoms with Crippen molar-refractivity contribution in [3.8, 4) is 5.75 Å². The summed E-state index contributed by atoms with van der Waals surface area (Å²) in [4.78, 5) is 7.73. The molecular formula is C18H24F3IN4OS. The maximum Gasteiger partial charge on any atom is 0.434 e. The fraction of sp³-hybridized carbons (Fsp3) is 0.444. The van der Waals surface area contributed by atoms with Gasteiger partial charge in [-0.3, -0.25) is 4.99 Å². The van der Waals surface area contributed by atoms with E-state index in [0.717, 1.165) is 40.0 Å². The normalized spacial score (nSPS) is 11.7.